The van der Waals surface area contributed by atoms with E-state index in [9.17, 15) is 18.0 Å². The highest BCUT2D eigenvalue weighted by Crippen LogP contribution is 2.21. The van der Waals surface area contributed by atoms with E-state index in [0.29, 0.717) is 0 Å². The summed E-state index contributed by atoms with van der Waals surface area (Å²) in [5.41, 5.74) is 0. The van der Waals surface area contributed by atoms with Gasteiger partial charge in [0.25, 0.3) is 0 Å². The summed E-state index contributed by atoms with van der Waals surface area (Å²) in [6.07, 6.45) is -4.68. The second-order valence-corrected chi connectivity index (χ2v) is 3.56. The van der Waals surface area contributed by atoms with E-state index >= 15 is 0 Å². The van der Waals surface area contributed by atoms with Crippen molar-refractivity contribution in [2.24, 2.45) is 0 Å². The molecule has 0 aromatic carbocycles. The normalized spacial score (nSPS) is 13.3. The molecular weight excluding hydrogens is 225 g/mol. The zero-order valence-corrected chi connectivity index (χ0v) is 9.10. The summed E-state index contributed by atoms with van der Waals surface area (Å²) in [6, 6.07) is -0.844. The zero-order valence-electron chi connectivity index (χ0n) is 9.10. The van der Waals surface area contributed by atoms with Crippen LogP contribution in [0.15, 0.2) is 0 Å². The van der Waals surface area contributed by atoms with Crippen molar-refractivity contribution >= 4 is 6.03 Å². The van der Waals surface area contributed by atoms with Gasteiger partial charge in [0.15, 0.2) is 0 Å². The Morgan fingerprint density at radius 2 is 2.00 bits per heavy atom. The Balaban J connectivity index is 3.42. The van der Waals surface area contributed by atoms with Gasteiger partial charge in [-0.25, -0.2) is 4.79 Å². The van der Waals surface area contributed by atoms with E-state index < -0.39 is 18.6 Å². The summed E-state index contributed by atoms with van der Waals surface area (Å²) in [5, 5.41) is 13.4. The number of halogens is 3. The van der Waals surface area contributed by atoms with Gasteiger partial charge in [-0.3, -0.25) is 0 Å². The summed E-state index contributed by atoms with van der Waals surface area (Å²) in [7, 11) is 0. The van der Waals surface area contributed by atoms with Gasteiger partial charge >= 0.3 is 12.2 Å². The van der Waals surface area contributed by atoms with Crippen LogP contribution in [0.2, 0.25) is 0 Å². The van der Waals surface area contributed by atoms with E-state index in [-0.39, 0.29) is 32.0 Å². The first-order valence-corrected chi connectivity index (χ1v) is 5.07. The molecular formula is C9H17F3N2O2. The van der Waals surface area contributed by atoms with Crippen LogP contribution in [-0.4, -0.2) is 36.5 Å². The zero-order chi connectivity index (χ0) is 12.6. The van der Waals surface area contributed by atoms with Gasteiger partial charge in [0, 0.05) is 13.0 Å². The standard InChI is InChI=1S/C9H17F3N2O2/c1-7(6-15)14-8(16)13-5-3-2-4-9(10,11)12/h7,15H,2-6H2,1H3,(H2,13,14,16)/t7-/m0/s1. The van der Waals surface area contributed by atoms with Crippen molar-refractivity contribution in [2.45, 2.75) is 38.4 Å². The fourth-order valence-electron chi connectivity index (χ4n) is 0.973. The average molecular weight is 242 g/mol. The average Bonchev–Trinajstić information content (AvgIpc) is 2.15. The van der Waals surface area contributed by atoms with Gasteiger partial charge < -0.3 is 15.7 Å². The van der Waals surface area contributed by atoms with Crippen LogP contribution in [0.3, 0.4) is 0 Å². The molecule has 1 atom stereocenters. The van der Waals surface area contributed by atoms with E-state index in [0.717, 1.165) is 0 Å². The van der Waals surface area contributed by atoms with E-state index in [1.807, 2.05) is 0 Å². The second kappa shape index (κ2) is 7.32. The molecule has 2 amide bonds. The molecule has 0 saturated heterocycles. The minimum atomic E-state index is -4.13. The molecule has 16 heavy (non-hydrogen) atoms. The minimum Gasteiger partial charge on any atom is -0.394 e. The number of carbonyl (C=O) groups is 1. The third-order valence-electron chi connectivity index (χ3n) is 1.82. The number of amides is 2. The van der Waals surface area contributed by atoms with Crippen molar-refractivity contribution in [1.82, 2.24) is 10.6 Å². The maximum atomic E-state index is 11.7. The molecule has 0 radical (unpaired) electrons. The largest absolute Gasteiger partial charge is 0.394 e. The maximum Gasteiger partial charge on any atom is 0.389 e. The number of hydrogen-bond donors (Lipinski definition) is 3. The molecule has 4 nitrogen and oxygen atoms in total. The summed E-state index contributed by atoms with van der Waals surface area (Å²) in [5.74, 6) is 0. The number of aliphatic hydroxyl groups excluding tert-OH is 1. The monoisotopic (exact) mass is 242 g/mol. The molecule has 0 aliphatic carbocycles. The molecule has 0 heterocycles. The lowest BCUT2D eigenvalue weighted by Crippen LogP contribution is -2.42. The smallest absolute Gasteiger partial charge is 0.389 e. The topological polar surface area (TPSA) is 61.4 Å². The van der Waals surface area contributed by atoms with Gasteiger partial charge in [-0.15, -0.1) is 0 Å². The van der Waals surface area contributed by atoms with Crippen LogP contribution in [0.25, 0.3) is 0 Å². The lowest BCUT2D eigenvalue weighted by atomic mass is 10.2. The van der Waals surface area contributed by atoms with Gasteiger partial charge in [0.1, 0.15) is 0 Å². The Kier molecular flexibility index (Phi) is 6.87. The molecule has 96 valence electrons. The number of carbonyl (C=O) groups excluding carboxylic acids is 1. The van der Waals surface area contributed by atoms with Crippen molar-refractivity contribution in [3.63, 3.8) is 0 Å². The Hall–Kier alpha value is -0.980. The van der Waals surface area contributed by atoms with E-state index in [4.69, 9.17) is 5.11 Å². The van der Waals surface area contributed by atoms with Crippen LogP contribution < -0.4 is 10.6 Å². The first kappa shape index (κ1) is 15.0. The SMILES string of the molecule is C[C@@H](CO)NC(=O)NCCCCC(F)(F)F. The quantitative estimate of drug-likeness (QED) is 0.616. The number of unbranched alkanes of at least 4 members (excludes halogenated alkanes) is 1. The van der Waals surface area contributed by atoms with Crippen LogP contribution in [0.1, 0.15) is 26.2 Å². The Bertz CT molecular complexity index is 209. The maximum absolute atomic E-state index is 11.7. The van der Waals surface area contributed by atoms with Gasteiger partial charge in [0.2, 0.25) is 0 Å². The number of rotatable bonds is 6. The van der Waals surface area contributed by atoms with Crippen molar-refractivity contribution < 1.29 is 23.1 Å². The van der Waals surface area contributed by atoms with E-state index in [1.54, 1.807) is 6.92 Å². The molecule has 0 fully saturated rings. The minimum absolute atomic E-state index is 0.000661. The summed E-state index contributed by atoms with van der Waals surface area (Å²) in [6.45, 7) is 1.63. The van der Waals surface area contributed by atoms with Gasteiger partial charge in [0.05, 0.1) is 12.6 Å². The Labute approximate surface area is 92.2 Å². The molecule has 0 spiro atoms. The molecule has 0 bridgehead atoms. The van der Waals surface area contributed by atoms with Crippen LogP contribution >= 0.6 is 0 Å². The highest BCUT2D eigenvalue weighted by atomic mass is 19.4. The first-order chi connectivity index (χ1) is 7.35. The summed E-state index contributed by atoms with van der Waals surface area (Å²) in [4.78, 5) is 11.0. The molecule has 0 saturated carbocycles. The van der Waals surface area contributed by atoms with Gasteiger partial charge in [-0.05, 0) is 19.8 Å². The third kappa shape index (κ3) is 9.57. The van der Waals surface area contributed by atoms with Crippen molar-refractivity contribution in [3.8, 4) is 0 Å². The Morgan fingerprint density at radius 1 is 1.38 bits per heavy atom. The molecule has 3 N–H and O–H groups in total. The molecule has 0 aliphatic heterocycles. The first-order valence-electron chi connectivity index (χ1n) is 5.07. The molecule has 0 aromatic rings. The number of urea groups is 1. The van der Waals surface area contributed by atoms with E-state index in [1.165, 1.54) is 0 Å². The van der Waals surface area contributed by atoms with Crippen LogP contribution in [0.5, 0.6) is 0 Å². The van der Waals surface area contributed by atoms with Crippen LogP contribution in [0, 0.1) is 0 Å². The highest BCUT2D eigenvalue weighted by Gasteiger charge is 2.25. The van der Waals surface area contributed by atoms with Crippen molar-refractivity contribution in [3.05, 3.63) is 0 Å². The number of alkyl halides is 3. The predicted octanol–water partition coefficient (Wildman–Crippen LogP) is 1.40. The summed E-state index contributed by atoms with van der Waals surface area (Å²) < 4.78 is 35.2. The second-order valence-electron chi connectivity index (χ2n) is 3.56. The molecule has 0 aliphatic rings. The lowest BCUT2D eigenvalue weighted by molar-refractivity contribution is -0.135. The van der Waals surface area contributed by atoms with Crippen LogP contribution in [0.4, 0.5) is 18.0 Å². The van der Waals surface area contributed by atoms with Crippen molar-refractivity contribution in [2.75, 3.05) is 13.2 Å². The van der Waals surface area contributed by atoms with Crippen LogP contribution in [-0.2, 0) is 0 Å². The van der Waals surface area contributed by atoms with Gasteiger partial charge in [-0.2, -0.15) is 13.2 Å². The number of hydrogen-bond acceptors (Lipinski definition) is 2. The van der Waals surface area contributed by atoms with Gasteiger partial charge in [-0.1, -0.05) is 0 Å². The predicted molar refractivity (Wildman–Crippen MR) is 53.0 cm³/mol. The molecule has 0 rings (SSSR count). The van der Waals surface area contributed by atoms with Crippen molar-refractivity contribution in [1.29, 1.82) is 0 Å². The third-order valence-corrected chi connectivity index (χ3v) is 1.82. The number of nitrogens with one attached hydrogen (secondary N) is 2. The molecule has 7 heteroatoms. The Morgan fingerprint density at radius 3 is 2.50 bits per heavy atom. The lowest BCUT2D eigenvalue weighted by Gasteiger charge is -2.12. The fourth-order valence-corrected chi connectivity index (χ4v) is 0.973. The highest BCUT2D eigenvalue weighted by molar-refractivity contribution is 5.74. The fraction of sp³-hybridized carbons (Fsp3) is 0.889. The summed E-state index contributed by atoms with van der Waals surface area (Å²) >= 11 is 0. The molecule has 0 aromatic heterocycles. The molecule has 0 unspecified atom stereocenters. The number of aliphatic hydroxyl groups is 1. The van der Waals surface area contributed by atoms with E-state index in [2.05, 4.69) is 10.6 Å².